The summed E-state index contributed by atoms with van der Waals surface area (Å²) in [6.45, 7) is 18.8. The van der Waals surface area contributed by atoms with Crippen molar-refractivity contribution in [3.63, 3.8) is 0 Å². The van der Waals surface area contributed by atoms with Gasteiger partial charge in [-0.1, -0.05) is 54.0 Å². The average molecular weight is 589 g/mol. The summed E-state index contributed by atoms with van der Waals surface area (Å²) in [6, 6.07) is -4.84. The summed E-state index contributed by atoms with van der Waals surface area (Å²) in [5.74, 6) is -3.17. The first-order valence-electron chi connectivity index (χ1n) is 14.7. The number of carbonyl (C=O) groups excluding carboxylic acids is 6. The molecule has 12 heteroatoms. The van der Waals surface area contributed by atoms with E-state index in [2.05, 4.69) is 27.8 Å². The van der Waals surface area contributed by atoms with Gasteiger partial charge in [0.1, 0.15) is 18.1 Å². The molecular weight excluding hydrogens is 540 g/mol. The second-order valence-electron chi connectivity index (χ2n) is 14.2. The number of ketones is 1. The van der Waals surface area contributed by atoms with Gasteiger partial charge in [0.15, 0.2) is 0 Å². The quantitative estimate of drug-likeness (QED) is 0.167. The minimum absolute atomic E-state index is 0.0629. The largest absolute Gasteiger partial charge is 0.363 e. The molecule has 2 aliphatic carbocycles. The molecule has 6 N–H and O–H groups in total. The van der Waals surface area contributed by atoms with Gasteiger partial charge in [0.25, 0.3) is 5.91 Å². The van der Waals surface area contributed by atoms with E-state index in [4.69, 9.17) is 5.73 Å². The molecule has 0 aromatic carbocycles. The zero-order chi connectivity index (χ0) is 31.9. The van der Waals surface area contributed by atoms with Gasteiger partial charge < -0.3 is 31.9 Å². The first-order chi connectivity index (χ1) is 19.3. The van der Waals surface area contributed by atoms with Crippen LogP contribution in [-0.4, -0.2) is 77.1 Å². The molecule has 1 heterocycles. The summed E-state index contributed by atoms with van der Waals surface area (Å²) < 4.78 is 0. The Bertz CT molecular complexity index is 1150. The van der Waals surface area contributed by atoms with Crippen LogP contribution in [0, 0.1) is 28.6 Å². The van der Waals surface area contributed by atoms with Crippen LogP contribution in [0.3, 0.4) is 0 Å². The van der Waals surface area contributed by atoms with Crippen LogP contribution in [0.4, 0.5) is 4.79 Å². The van der Waals surface area contributed by atoms with Crippen LogP contribution < -0.4 is 27.0 Å². The Hall–Kier alpha value is -3.44. The normalized spacial score (nSPS) is 24.5. The minimum atomic E-state index is -1.11. The van der Waals surface area contributed by atoms with Gasteiger partial charge in [0, 0.05) is 12.6 Å². The van der Waals surface area contributed by atoms with Crippen molar-refractivity contribution in [3.05, 3.63) is 12.2 Å². The van der Waals surface area contributed by atoms with Crippen molar-refractivity contribution in [2.45, 2.75) is 105 Å². The van der Waals surface area contributed by atoms with E-state index in [1.165, 1.54) is 4.90 Å². The van der Waals surface area contributed by atoms with Crippen LogP contribution >= 0.6 is 0 Å². The number of fused-ring (bicyclic) bond motifs is 1. The van der Waals surface area contributed by atoms with E-state index in [1.54, 1.807) is 41.5 Å². The predicted molar refractivity (Wildman–Crippen MR) is 157 cm³/mol. The molecule has 0 aromatic heterocycles. The zero-order valence-electron chi connectivity index (χ0n) is 26.1. The van der Waals surface area contributed by atoms with Crippen LogP contribution in [-0.2, 0) is 24.0 Å². The van der Waals surface area contributed by atoms with Crippen LogP contribution in [0.25, 0.3) is 0 Å². The highest BCUT2D eigenvalue weighted by atomic mass is 16.2. The second-order valence-corrected chi connectivity index (χ2v) is 14.2. The Morgan fingerprint density at radius 1 is 1.00 bits per heavy atom. The highest BCUT2D eigenvalue weighted by Crippen LogP contribution is 2.65. The number of primary amides is 1. The van der Waals surface area contributed by atoms with Gasteiger partial charge in [0.05, 0.1) is 6.04 Å². The number of hydrogen-bond acceptors (Lipinski definition) is 6. The topological polar surface area (TPSA) is 180 Å². The maximum Gasteiger partial charge on any atom is 0.316 e. The van der Waals surface area contributed by atoms with Crippen LogP contribution in [0.2, 0.25) is 0 Å². The number of nitrogens with zero attached hydrogens (tertiary/aromatic N) is 1. The monoisotopic (exact) mass is 588 g/mol. The molecule has 234 valence electrons. The van der Waals surface area contributed by atoms with Crippen molar-refractivity contribution < 1.29 is 28.8 Å². The average Bonchev–Trinajstić information content (AvgIpc) is 3.70. The number of nitrogens with one attached hydrogen (secondary N) is 4. The molecule has 1 aliphatic heterocycles. The molecule has 42 heavy (non-hydrogen) atoms. The summed E-state index contributed by atoms with van der Waals surface area (Å²) in [5, 5.41) is 10.8. The van der Waals surface area contributed by atoms with Crippen molar-refractivity contribution in [2.75, 3.05) is 6.54 Å². The van der Waals surface area contributed by atoms with E-state index in [9.17, 15) is 28.8 Å². The molecule has 3 fully saturated rings. The number of urea groups is 1. The highest BCUT2D eigenvalue weighted by Gasteiger charge is 2.70. The van der Waals surface area contributed by atoms with Gasteiger partial charge >= 0.3 is 6.03 Å². The fourth-order valence-corrected chi connectivity index (χ4v) is 6.06. The first kappa shape index (κ1) is 33.1. The summed E-state index contributed by atoms with van der Waals surface area (Å²) in [7, 11) is 0. The number of nitrogens with two attached hydrogens (primary N) is 1. The number of piperidine rings is 1. The van der Waals surface area contributed by atoms with E-state index in [0.29, 0.717) is 18.5 Å². The maximum atomic E-state index is 14.1. The molecule has 1 unspecified atom stereocenters. The van der Waals surface area contributed by atoms with Gasteiger partial charge in [-0.05, 0) is 61.3 Å². The Kier molecular flexibility index (Phi) is 9.48. The molecule has 6 atom stereocenters. The van der Waals surface area contributed by atoms with Gasteiger partial charge in [0.2, 0.25) is 23.5 Å². The number of amides is 6. The van der Waals surface area contributed by atoms with Crippen molar-refractivity contribution in [1.82, 2.24) is 26.2 Å². The van der Waals surface area contributed by atoms with Gasteiger partial charge in [-0.2, -0.15) is 0 Å². The van der Waals surface area contributed by atoms with Gasteiger partial charge in [-0.3, -0.25) is 24.0 Å². The molecule has 0 spiro atoms. The van der Waals surface area contributed by atoms with Crippen LogP contribution in [0.5, 0.6) is 0 Å². The van der Waals surface area contributed by atoms with E-state index < -0.39 is 65.0 Å². The summed E-state index contributed by atoms with van der Waals surface area (Å²) >= 11 is 0. The fraction of sp³-hybridized carbons (Fsp3) is 0.733. The third-order valence-electron chi connectivity index (χ3n) is 8.75. The molecule has 0 aromatic rings. The molecule has 0 radical (unpaired) electrons. The lowest BCUT2D eigenvalue weighted by molar-refractivity contribution is -0.145. The van der Waals surface area contributed by atoms with Crippen LogP contribution in [0.1, 0.15) is 74.7 Å². The Labute approximate surface area is 248 Å². The number of Topliss-reactive ketones (excluding diaryl/α,β-unsaturated/α-hetero) is 1. The number of carbonyl (C=O) groups is 6. The lowest BCUT2D eigenvalue weighted by Crippen LogP contribution is -2.62. The minimum Gasteiger partial charge on any atom is -0.363 e. The summed E-state index contributed by atoms with van der Waals surface area (Å²) in [5.41, 5.74) is 4.74. The van der Waals surface area contributed by atoms with Crippen molar-refractivity contribution in [3.8, 4) is 0 Å². The van der Waals surface area contributed by atoms with Crippen molar-refractivity contribution in [2.24, 2.45) is 34.3 Å². The summed E-state index contributed by atoms with van der Waals surface area (Å²) in [6.07, 6.45) is 2.15. The second kappa shape index (κ2) is 12.0. The van der Waals surface area contributed by atoms with Crippen LogP contribution in [0.15, 0.2) is 12.2 Å². The molecule has 3 rings (SSSR count). The SMILES string of the molecule is C=C(C)[C@H](NC(=O)N[C@H](C(=O)N1C[C@H]2[C@@H]([C@H]1C(=O)NC(CC1CC1)C(=O)C(N)=O)C2(C)C)C(C)(C)C)C(=O)NC(C)C. The Morgan fingerprint density at radius 3 is 2.07 bits per heavy atom. The van der Waals surface area contributed by atoms with Crippen molar-refractivity contribution >= 4 is 35.4 Å². The molecule has 2 saturated carbocycles. The highest BCUT2D eigenvalue weighted by molar-refractivity contribution is 6.37. The number of rotatable bonds is 12. The Morgan fingerprint density at radius 2 is 1.60 bits per heavy atom. The maximum absolute atomic E-state index is 14.1. The zero-order valence-corrected chi connectivity index (χ0v) is 26.1. The molecule has 1 saturated heterocycles. The van der Waals surface area contributed by atoms with E-state index in [0.717, 1.165) is 12.8 Å². The predicted octanol–water partition coefficient (Wildman–Crippen LogP) is 0.992. The molecule has 3 aliphatic rings. The fourth-order valence-electron chi connectivity index (χ4n) is 6.06. The van der Waals surface area contributed by atoms with E-state index >= 15 is 0 Å². The van der Waals surface area contributed by atoms with Gasteiger partial charge in [-0.15, -0.1) is 0 Å². The Balaban J connectivity index is 1.81. The molecule has 0 bridgehead atoms. The third kappa shape index (κ3) is 7.30. The number of hydrogen-bond donors (Lipinski definition) is 5. The van der Waals surface area contributed by atoms with E-state index in [-0.39, 0.29) is 29.2 Å². The standard InChI is InChI=1S/C30H48N6O6/c1-14(2)20(25(39)32-15(3)4)34-28(42)35-23(29(5,6)7)27(41)36-13-17-19(30(17,8)9)21(36)26(40)33-18(12-16-10-11-16)22(37)24(31)38/h15-21,23H,1,10-13H2,2-9H3,(H2,31,38)(H,32,39)(H,33,40)(H2,34,35,42)/t17-,18?,19-,20-,21-,23+/m0/s1. The molecule has 12 nitrogen and oxygen atoms in total. The smallest absolute Gasteiger partial charge is 0.316 e. The summed E-state index contributed by atoms with van der Waals surface area (Å²) in [4.78, 5) is 79.3. The first-order valence-corrected chi connectivity index (χ1v) is 14.7. The number of likely N-dealkylation sites (tertiary alicyclic amines) is 1. The third-order valence-corrected chi connectivity index (χ3v) is 8.75. The lowest BCUT2D eigenvalue weighted by Gasteiger charge is -2.38. The van der Waals surface area contributed by atoms with Gasteiger partial charge in [-0.25, -0.2) is 4.79 Å². The lowest BCUT2D eigenvalue weighted by atomic mass is 9.85. The molecule has 6 amide bonds. The van der Waals surface area contributed by atoms with Crippen molar-refractivity contribution in [1.29, 1.82) is 0 Å². The van der Waals surface area contributed by atoms with E-state index in [1.807, 2.05) is 13.8 Å². The molecular formula is C30H48N6O6.